The van der Waals surface area contributed by atoms with E-state index in [2.05, 4.69) is 38.7 Å². The number of aliphatic hydroxyl groups excluding tert-OH is 6. The molecule has 50 heavy (non-hydrogen) atoms. The highest BCUT2D eigenvalue weighted by molar-refractivity contribution is 5.27. The van der Waals surface area contributed by atoms with Crippen LogP contribution in [0, 0.1) is 46.3 Å². The van der Waals surface area contributed by atoms with Crippen molar-refractivity contribution in [2.75, 3.05) is 13.2 Å². The van der Waals surface area contributed by atoms with Crippen molar-refractivity contribution >= 4 is 0 Å². The first-order chi connectivity index (χ1) is 23.8. The van der Waals surface area contributed by atoms with Crippen LogP contribution < -0.4 is 0 Å². The molecule has 4 heterocycles. The number of fused-ring (bicyclic) bond motifs is 9. The Bertz CT molecular complexity index is 1290. The standard InChI is InChI=1S/C39H63NO10/c1-18-6-9-26-19(2)29-27(40(26)16-18)15-25-23-8-7-21-14-22(10-12-38(21,4)24(23)11-13-39(25,29)5)48-37-35(33(45)31(43)28(17-41)49-37)50-36-34(46)32(44)30(42)20(3)47-36/h7,18-20,22-37,41-46H,6,8-17H2,1-5H3. The zero-order valence-corrected chi connectivity index (χ0v) is 30.6. The molecule has 0 aromatic heterocycles. The lowest BCUT2D eigenvalue weighted by Gasteiger charge is -2.58. The molecule has 8 rings (SSSR count). The van der Waals surface area contributed by atoms with E-state index in [-0.39, 0.29) is 11.5 Å². The third kappa shape index (κ3) is 5.54. The van der Waals surface area contributed by atoms with Crippen LogP contribution in [-0.2, 0) is 18.9 Å². The summed E-state index contributed by atoms with van der Waals surface area (Å²) in [4.78, 5) is 2.96. The second-order valence-corrected chi connectivity index (χ2v) is 18.4. The third-order valence-electron chi connectivity index (χ3n) is 15.9. The molecule has 4 aliphatic heterocycles. The molecule has 4 saturated heterocycles. The summed E-state index contributed by atoms with van der Waals surface area (Å²) in [5.74, 6) is 4.52. The normalized spacial score (nSPS) is 58.0. The predicted octanol–water partition coefficient (Wildman–Crippen LogP) is 2.33. The van der Waals surface area contributed by atoms with Gasteiger partial charge < -0.3 is 49.6 Å². The molecular formula is C39H63NO10. The molecule has 0 bridgehead atoms. The van der Waals surface area contributed by atoms with Gasteiger partial charge in [-0.25, -0.2) is 0 Å². The van der Waals surface area contributed by atoms with Crippen LogP contribution >= 0.6 is 0 Å². The summed E-state index contributed by atoms with van der Waals surface area (Å²) < 4.78 is 24.2. The van der Waals surface area contributed by atoms with Crippen molar-refractivity contribution in [2.24, 2.45) is 46.3 Å². The van der Waals surface area contributed by atoms with Crippen LogP contribution in [0.1, 0.15) is 92.4 Å². The van der Waals surface area contributed by atoms with E-state index in [1.807, 2.05) is 0 Å². The van der Waals surface area contributed by atoms with Gasteiger partial charge >= 0.3 is 0 Å². The van der Waals surface area contributed by atoms with Gasteiger partial charge in [0, 0.05) is 18.6 Å². The Morgan fingerprint density at radius 2 is 1.60 bits per heavy atom. The minimum Gasteiger partial charge on any atom is -0.394 e. The number of rotatable bonds is 5. The van der Waals surface area contributed by atoms with Gasteiger partial charge in [0.1, 0.15) is 42.7 Å². The van der Waals surface area contributed by atoms with Gasteiger partial charge in [0.05, 0.1) is 18.8 Å². The predicted molar refractivity (Wildman–Crippen MR) is 182 cm³/mol. The lowest BCUT2D eigenvalue weighted by atomic mass is 9.47. The maximum atomic E-state index is 11.1. The fourth-order valence-corrected chi connectivity index (χ4v) is 13.3. The molecule has 0 amide bonds. The van der Waals surface area contributed by atoms with Crippen molar-refractivity contribution in [3.05, 3.63) is 11.6 Å². The Labute approximate surface area is 297 Å². The molecule has 0 aromatic carbocycles. The van der Waals surface area contributed by atoms with Gasteiger partial charge in [-0.1, -0.05) is 39.3 Å². The molecule has 0 spiro atoms. The smallest absolute Gasteiger partial charge is 0.187 e. The highest BCUT2D eigenvalue weighted by Gasteiger charge is 2.66. The van der Waals surface area contributed by atoms with E-state index in [0.29, 0.717) is 17.3 Å². The maximum Gasteiger partial charge on any atom is 0.187 e. The average Bonchev–Trinajstić information content (AvgIpc) is 3.56. The van der Waals surface area contributed by atoms with Crippen molar-refractivity contribution in [2.45, 2.75) is 172 Å². The fraction of sp³-hybridized carbons (Fsp3) is 0.949. The molecule has 21 unspecified atom stereocenters. The highest BCUT2D eigenvalue weighted by Crippen LogP contribution is 2.70. The van der Waals surface area contributed by atoms with Crippen molar-refractivity contribution in [1.29, 1.82) is 0 Å². The number of piperidine rings is 1. The molecular weight excluding hydrogens is 642 g/mol. The second-order valence-electron chi connectivity index (χ2n) is 18.4. The van der Waals surface area contributed by atoms with Crippen molar-refractivity contribution < 1.29 is 49.6 Å². The quantitative estimate of drug-likeness (QED) is 0.233. The van der Waals surface area contributed by atoms with Crippen LogP contribution in [0.25, 0.3) is 0 Å². The highest BCUT2D eigenvalue weighted by atomic mass is 16.8. The van der Waals surface area contributed by atoms with E-state index in [1.165, 1.54) is 44.2 Å². The summed E-state index contributed by atoms with van der Waals surface area (Å²) >= 11 is 0. The zero-order chi connectivity index (χ0) is 35.4. The van der Waals surface area contributed by atoms with E-state index in [9.17, 15) is 30.6 Å². The van der Waals surface area contributed by atoms with E-state index < -0.39 is 68.0 Å². The largest absolute Gasteiger partial charge is 0.394 e. The van der Waals surface area contributed by atoms with Gasteiger partial charge in [-0.05, 0) is 111 Å². The van der Waals surface area contributed by atoms with Crippen LogP contribution in [0.4, 0.5) is 0 Å². The number of hydrogen-bond acceptors (Lipinski definition) is 11. The molecule has 6 N–H and O–H groups in total. The van der Waals surface area contributed by atoms with E-state index in [4.69, 9.17) is 18.9 Å². The number of allylic oxidation sites excluding steroid dienone is 1. The van der Waals surface area contributed by atoms with Crippen molar-refractivity contribution in [3.63, 3.8) is 0 Å². The van der Waals surface area contributed by atoms with Gasteiger partial charge in [-0.3, -0.25) is 4.90 Å². The summed E-state index contributed by atoms with van der Waals surface area (Å²) in [6.07, 6.45) is -0.545. The van der Waals surface area contributed by atoms with E-state index in [0.717, 1.165) is 61.4 Å². The SMILES string of the molecule is CC1CCC2C(C)C3C(CC4C5CC=C6CC(OC7OC(CO)C(O)C(O)C7OC7OC(C)C(O)C(O)C7O)CCC6(C)C5CCC43C)N2C1. The molecule has 3 saturated carbocycles. The van der Waals surface area contributed by atoms with Crippen LogP contribution in [0.3, 0.4) is 0 Å². The third-order valence-corrected chi connectivity index (χ3v) is 15.9. The molecule has 7 fully saturated rings. The monoisotopic (exact) mass is 705 g/mol. The Morgan fingerprint density at radius 1 is 0.820 bits per heavy atom. The molecule has 8 aliphatic rings. The number of nitrogens with zero attached hydrogens (tertiary/aromatic N) is 1. The van der Waals surface area contributed by atoms with Crippen molar-refractivity contribution in [3.8, 4) is 0 Å². The minimum atomic E-state index is -1.60. The molecule has 284 valence electrons. The first-order valence-corrected chi connectivity index (χ1v) is 19.8. The lowest BCUT2D eigenvalue weighted by molar-refractivity contribution is -0.369. The van der Waals surface area contributed by atoms with Gasteiger partial charge in [0.25, 0.3) is 0 Å². The Morgan fingerprint density at radius 3 is 2.36 bits per heavy atom. The van der Waals surface area contributed by atoms with Crippen LogP contribution in [0.5, 0.6) is 0 Å². The summed E-state index contributed by atoms with van der Waals surface area (Å²) in [6.45, 7) is 12.5. The zero-order valence-electron chi connectivity index (χ0n) is 30.6. The van der Waals surface area contributed by atoms with E-state index in [1.54, 1.807) is 6.92 Å². The molecule has 0 radical (unpaired) electrons. The topological polar surface area (TPSA) is 162 Å². The number of hydrogen-bond donors (Lipinski definition) is 6. The Hall–Kier alpha value is -0.700. The van der Waals surface area contributed by atoms with Gasteiger partial charge in [0.15, 0.2) is 12.6 Å². The Kier molecular flexibility index (Phi) is 9.62. The first kappa shape index (κ1) is 36.3. The molecule has 11 nitrogen and oxygen atoms in total. The van der Waals surface area contributed by atoms with Crippen LogP contribution in [0.15, 0.2) is 11.6 Å². The van der Waals surface area contributed by atoms with Gasteiger partial charge in [0.2, 0.25) is 0 Å². The Balaban J connectivity index is 0.978. The second kappa shape index (κ2) is 13.3. The summed E-state index contributed by atoms with van der Waals surface area (Å²) in [5, 5.41) is 62.9. The lowest BCUT2D eigenvalue weighted by Crippen LogP contribution is -2.64. The van der Waals surface area contributed by atoms with Gasteiger partial charge in [-0.2, -0.15) is 0 Å². The van der Waals surface area contributed by atoms with Crippen molar-refractivity contribution in [1.82, 2.24) is 4.90 Å². The first-order valence-electron chi connectivity index (χ1n) is 19.8. The van der Waals surface area contributed by atoms with Crippen LogP contribution in [0.2, 0.25) is 0 Å². The van der Waals surface area contributed by atoms with Gasteiger partial charge in [-0.15, -0.1) is 0 Å². The molecule has 0 aromatic rings. The molecule has 11 heteroatoms. The summed E-state index contributed by atoms with van der Waals surface area (Å²) in [7, 11) is 0. The fourth-order valence-electron chi connectivity index (χ4n) is 13.3. The average molecular weight is 706 g/mol. The van der Waals surface area contributed by atoms with E-state index >= 15 is 0 Å². The maximum absolute atomic E-state index is 11.1. The summed E-state index contributed by atoms with van der Waals surface area (Å²) in [5.41, 5.74) is 1.96. The number of aliphatic hydroxyl groups is 6. The minimum absolute atomic E-state index is 0.107. The molecule has 4 aliphatic carbocycles. The van der Waals surface area contributed by atoms with Crippen LogP contribution in [-0.4, -0.2) is 128 Å². The number of ether oxygens (including phenoxy) is 4. The molecule has 21 atom stereocenters. The summed E-state index contributed by atoms with van der Waals surface area (Å²) in [6, 6.07) is 1.52.